The molecule has 0 fully saturated rings. The first-order valence-corrected chi connectivity index (χ1v) is 8.16. The van der Waals surface area contributed by atoms with Crippen LogP contribution in [-0.4, -0.2) is 29.3 Å². The van der Waals surface area contributed by atoms with Crippen molar-refractivity contribution in [2.24, 2.45) is 0 Å². The van der Waals surface area contributed by atoms with Crippen LogP contribution in [0.2, 0.25) is 5.02 Å². The Morgan fingerprint density at radius 3 is 2.48 bits per heavy atom. The molecule has 0 bridgehead atoms. The van der Waals surface area contributed by atoms with E-state index in [4.69, 9.17) is 11.6 Å². The van der Waals surface area contributed by atoms with E-state index in [1.165, 1.54) is 0 Å². The number of aromatic nitrogens is 3. The Hall–Kier alpha value is -2.86. The fourth-order valence-electron chi connectivity index (χ4n) is 2.26. The van der Waals surface area contributed by atoms with Gasteiger partial charge >= 0.3 is 0 Å². The van der Waals surface area contributed by atoms with Gasteiger partial charge in [-0.3, -0.25) is 0 Å². The summed E-state index contributed by atoms with van der Waals surface area (Å²) in [5.41, 5.74) is 3.95. The molecule has 3 rings (SSSR count). The minimum Gasteiger partial charge on any atom is -0.378 e. The zero-order valence-corrected chi connectivity index (χ0v) is 15.0. The van der Waals surface area contributed by atoms with Gasteiger partial charge in [-0.25, -0.2) is 0 Å². The SMILES string of the molecule is Cc1ccc(Cl)cc1Nc1nncc(Nc2ccc(N(C)C)cc2)n1. The molecule has 2 N–H and O–H groups in total. The average Bonchev–Trinajstić information content (AvgIpc) is 2.59. The van der Waals surface area contributed by atoms with Crippen molar-refractivity contribution in [1.82, 2.24) is 15.2 Å². The maximum atomic E-state index is 6.04. The highest BCUT2D eigenvalue weighted by Gasteiger charge is 2.05. The van der Waals surface area contributed by atoms with Crippen LogP contribution in [0.5, 0.6) is 0 Å². The van der Waals surface area contributed by atoms with E-state index >= 15 is 0 Å². The number of hydrogen-bond donors (Lipinski definition) is 2. The molecule has 128 valence electrons. The minimum atomic E-state index is 0.403. The summed E-state index contributed by atoms with van der Waals surface area (Å²) in [5.74, 6) is 1.01. The van der Waals surface area contributed by atoms with E-state index in [0.29, 0.717) is 16.8 Å². The topological polar surface area (TPSA) is 66.0 Å². The second kappa shape index (κ2) is 7.36. The largest absolute Gasteiger partial charge is 0.378 e. The number of anilines is 5. The van der Waals surface area contributed by atoms with Crippen LogP contribution >= 0.6 is 11.6 Å². The molecule has 0 atom stereocenters. The molecule has 0 aliphatic rings. The first kappa shape index (κ1) is 17.0. The smallest absolute Gasteiger partial charge is 0.249 e. The quantitative estimate of drug-likeness (QED) is 0.708. The lowest BCUT2D eigenvalue weighted by atomic mass is 10.2. The number of halogens is 1. The van der Waals surface area contributed by atoms with Gasteiger partial charge in [0.2, 0.25) is 5.95 Å². The first-order valence-electron chi connectivity index (χ1n) is 7.78. The van der Waals surface area contributed by atoms with Crippen molar-refractivity contribution in [2.75, 3.05) is 29.6 Å². The van der Waals surface area contributed by atoms with Gasteiger partial charge in [0.25, 0.3) is 0 Å². The maximum absolute atomic E-state index is 6.04. The van der Waals surface area contributed by atoms with Crippen LogP contribution in [0.25, 0.3) is 0 Å². The summed E-state index contributed by atoms with van der Waals surface area (Å²) >= 11 is 6.04. The molecule has 1 heterocycles. The molecule has 0 unspecified atom stereocenters. The summed E-state index contributed by atoms with van der Waals surface area (Å²) in [4.78, 5) is 6.49. The van der Waals surface area contributed by atoms with E-state index in [-0.39, 0.29) is 0 Å². The van der Waals surface area contributed by atoms with Crippen molar-refractivity contribution in [3.05, 3.63) is 59.2 Å². The highest BCUT2D eigenvalue weighted by molar-refractivity contribution is 6.30. The predicted molar refractivity (Wildman–Crippen MR) is 103 cm³/mol. The molecule has 6 nitrogen and oxygen atoms in total. The van der Waals surface area contributed by atoms with Gasteiger partial charge < -0.3 is 15.5 Å². The summed E-state index contributed by atoms with van der Waals surface area (Å²) in [6, 6.07) is 13.7. The Morgan fingerprint density at radius 1 is 1.00 bits per heavy atom. The third-order valence-electron chi connectivity index (χ3n) is 3.66. The number of rotatable bonds is 5. The highest BCUT2D eigenvalue weighted by atomic mass is 35.5. The molecular weight excluding hydrogens is 336 g/mol. The van der Waals surface area contributed by atoms with E-state index in [2.05, 4.69) is 25.8 Å². The highest BCUT2D eigenvalue weighted by Crippen LogP contribution is 2.23. The van der Waals surface area contributed by atoms with Crippen molar-refractivity contribution in [2.45, 2.75) is 6.92 Å². The molecule has 2 aromatic carbocycles. The second-order valence-electron chi connectivity index (χ2n) is 5.82. The van der Waals surface area contributed by atoms with Gasteiger partial charge in [0.1, 0.15) is 0 Å². The molecule has 0 aliphatic carbocycles. The molecule has 3 aromatic rings. The lowest BCUT2D eigenvalue weighted by Crippen LogP contribution is -2.08. The average molecular weight is 355 g/mol. The van der Waals surface area contributed by atoms with E-state index < -0.39 is 0 Å². The Morgan fingerprint density at radius 2 is 1.76 bits per heavy atom. The van der Waals surface area contributed by atoms with Gasteiger partial charge in [-0.15, -0.1) is 5.10 Å². The van der Waals surface area contributed by atoms with Crippen LogP contribution < -0.4 is 15.5 Å². The fraction of sp³-hybridized carbons (Fsp3) is 0.167. The molecule has 25 heavy (non-hydrogen) atoms. The van der Waals surface area contributed by atoms with Gasteiger partial charge in [0.05, 0.1) is 6.20 Å². The normalized spacial score (nSPS) is 10.4. The van der Waals surface area contributed by atoms with Crippen LogP contribution in [0.1, 0.15) is 5.56 Å². The Bertz CT molecular complexity index is 864. The summed E-state index contributed by atoms with van der Waals surface area (Å²) in [5, 5.41) is 15.0. The van der Waals surface area contributed by atoms with Crippen molar-refractivity contribution >= 4 is 40.4 Å². The predicted octanol–water partition coefficient (Wildman–Crippen LogP) is 4.39. The zero-order valence-electron chi connectivity index (χ0n) is 14.3. The Labute approximate surface area is 151 Å². The molecule has 0 amide bonds. The number of hydrogen-bond acceptors (Lipinski definition) is 6. The molecule has 0 spiro atoms. The Balaban J connectivity index is 1.76. The van der Waals surface area contributed by atoms with Crippen LogP contribution in [0.4, 0.5) is 28.8 Å². The molecule has 7 heteroatoms. The molecule has 0 aliphatic heterocycles. The second-order valence-corrected chi connectivity index (χ2v) is 6.25. The van der Waals surface area contributed by atoms with Crippen LogP contribution in [0.3, 0.4) is 0 Å². The van der Waals surface area contributed by atoms with Crippen LogP contribution in [-0.2, 0) is 0 Å². The van der Waals surface area contributed by atoms with Gasteiger partial charge in [-0.2, -0.15) is 10.1 Å². The summed E-state index contributed by atoms with van der Waals surface area (Å²) in [7, 11) is 4.01. The third-order valence-corrected chi connectivity index (χ3v) is 3.90. The first-order chi connectivity index (χ1) is 12.0. The van der Waals surface area contributed by atoms with E-state index in [9.17, 15) is 0 Å². The van der Waals surface area contributed by atoms with E-state index in [1.54, 1.807) is 6.20 Å². The third kappa shape index (κ3) is 4.36. The van der Waals surface area contributed by atoms with Gasteiger partial charge in [0.15, 0.2) is 5.82 Å². The molecule has 0 radical (unpaired) electrons. The fourth-order valence-corrected chi connectivity index (χ4v) is 2.43. The van der Waals surface area contributed by atoms with Crippen LogP contribution in [0.15, 0.2) is 48.7 Å². The molecule has 0 saturated heterocycles. The summed E-state index contributed by atoms with van der Waals surface area (Å²) < 4.78 is 0. The number of nitrogens with zero attached hydrogens (tertiary/aromatic N) is 4. The van der Waals surface area contributed by atoms with Crippen molar-refractivity contribution in [3.8, 4) is 0 Å². The van der Waals surface area contributed by atoms with Gasteiger partial charge in [0, 0.05) is 36.2 Å². The molecule has 0 saturated carbocycles. The molecular formula is C18H19ClN6. The van der Waals surface area contributed by atoms with Crippen molar-refractivity contribution in [1.29, 1.82) is 0 Å². The van der Waals surface area contributed by atoms with Gasteiger partial charge in [-0.1, -0.05) is 17.7 Å². The van der Waals surface area contributed by atoms with E-state index in [1.807, 2.05) is 68.4 Å². The number of nitrogens with one attached hydrogen (secondary N) is 2. The van der Waals surface area contributed by atoms with Crippen LogP contribution in [0, 0.1) is 6.92 Å². The maximum Gasteiger partial charge on any atom is 0.249 e. The number of benzene rings is 2. The van der Waals surface area contributed by atoms with E-state index in [0.717, 1.165) is 22.6 Å². The Kier molecular flexibility index (Phi) is 5.00. The standard InChI is InChI=1S/C18H19ClN6/c1-12-4-5-13(19)10-16(12)22-18-23-17(11-20-24-18)21-14-6-8-15(9-7-14)25(2)3/h4-11H,1-3H3,(H2,21,22,23,24). The minimum absolute atomic E-state index is 0.403. The number of aryl methyl sites for hydroxylation is 1. The zero-order chi connectivity index (χ0) is 17.8. The summed E-state index contributed by atoms with van der Waals surface area (Å²) in [6.45, 7) is 1.99. The summed E-state index contributed by atoms with van der Waals surface area (Å²) in [6.07, 6.45) is 1.58. The van der Waals surface area contributed by atoms with Crippen molar-refractivity contribution < 1.29 is 0 Å². The molecule has 1 aromatic heterocycles. The lowest BCUT2D eigenvalue weighted by Gasteiger charge is -2.13. The lowest BCUT2D eigenvalue weighted by molar-refractivity contribution is 0.981. The van der Waals surface area contributed by atoms with Gasteiger partial charge in [-0.05, 0) is 48.9 Å². The monoisotopic (exact) mass is 354 g/mol. The van der Waals surface area contributed by atoms with Crippen molar-refractivity contribution in [3.63, 3.8) is 0 Å².